The Labute approximate surface area is 127 Å². The van der Waals surface area contributed by atoms with Crippen LogP contribution in [0.25, 0.3) is 0 Å². The average Bonchev–Trinajstić information content (AvgIpc) is 2.46. The number of hydrogen-bond acceptors (Lipinski definition) is 2. The molecule has 0 saturated carbocycles. The van der Waals surface area contributed by atoms with Gasteiger partial charge in [0, 0.05) is 13.2 Å². The van der Waals surface area contributed by atoms with Crippen LogP contribution >= 0.6 is 0 Å². The van der Waals surface area contributed by atoms with Gasteiger partial charge in [-0.3, -0.25) is 0 Å². The van der Waals surface area contributed by atoms with E-state index in [1.807, 2.05) is 0 Å². The third-order valence-electron chi connectivity index (χ3n) is 4.73. The van der Waals surface area contributed by atoms with Gasteiger partial charge >= 0.3 is 0 Å². The zero-order chi connectivity index (χ0) is 15.1. The molecule has 0 aliphatic carbocycles. The lowest BCUT2D eigenvalue weighted by Crippen LogP contribution is -2.15. The van der Waals surface area contributed by atoms with Gasteiger partial charge in [-0.1, -0.05) is 71.6 Å². The minimum Gasteiger partial charge on any atom is -0.396 e. The molecule has 0 aromatic heterocycles. The van der Waals surface area contributed by atoms with Gasteiger partial charge in [0.05, 0.1) is 0 Å². The highest BCUT2D eigenvalue weighted by Gasteiger charge is 2.20. The van der Waals surface area contributed by atoms with E-state index in [9.17, 15) is 0 Å². The number of aliphatic hydroxyl groups is 2. The molecular formula is C18H38O2. The molecular weight excluding hydrogens is 248 g/mol. The summed E-state index contributed by atoms with van der Waals surface area (Å²) in [5.41, 5.74) is 0.536. The van der Waals surface area contributed by atoms with Crippen molar-refractivity contribution < 1.29 is 10.2 Å². The Kier molecular flexibility index (Phi) is 13.8. The largest absolute Gasteiger partial charge is 0.396 e. The summed E-state index contributed by atoms with van der Waals surface area (Å²) >= 11 is 0. The minimum atomic E-state index is 0.350. The average molecular weight is 286 g/mol. The van der Waals surface area contributed by atoms with Crippen molar-refractivity contribution in [2.24, 2.45) is 5.41 Å². The highest BCUT2D eigenvalue weighted by atomic mass is 16.3. The first kappa shape index (κ1) is 19.9. The molecule has 0 atom stereocenters. The third-order valence-corrected chi connectivity index (χ3v) is 4.73. The van der Waals surface area contributed by atoms with Crippen LogP contribution in [0.3, 0.4) is 0 Å². The van der Waals surface area contributed by atoms with E-state index < -0.39 is 0 Å². The molecule has 2 N–H and O–H groups in total. The van der Waals surface area contributed by atoms with Crippen LogP contribution in [0.1, 0.15) is 97.3 Å². The van der Waals surface area contributed by atoms with Gasteiger partial charge in [0.15, 0.2) is 0 Å². The van der Waals surface area contributed by atoms with Gasteiger partial charge in [-0.05, 0) is 31.1 Å². The smallest absolute Gasteiger partial charge is 0.0431 e. The van der Waals surface area contributed by atoms with Crippen LogP contribution in [-0.4, -0.2) is 23.4 Å². The molecule has 2 heteroatoms. The molecule has 0 unspecified atom stereocenters. The zero-order valence-corrected chi connectivity index (χ0v) is 14.0. The van der Waals surface area contributed by atoms with E-state index in [1.54, 1.807) is 0 Å². The summed E-state index contributed by atoms with van der Waals surface area (Å²) in [6.07, 6.45) is 16.2. The first-order chi connectivity index (χ1) is 9.68. The summed E-state index contributed by atoms with van der Waals surface area (Å²) < 4.78 is 0. The fraction of sp³-hybridized carbons (Fsp3) is 1.00. The lowest BCUT2D eigenvalue weighted by atomic mass is 9.77. The Morgan fingerprint density at radius 2 is 0.950 bits per heavy atom. The molecule has 0 aromatic rings. The molecule has 0 aliphatic rings. The van der Waals surface area contributed by atoms with E-state index in [0.717, 1.165) is 12.8 Å². The Morgan fingerprint density at radius 1 is 0.600 bits per heavy atom. The quantitative estimate of drug-likeness (QED) is 0.413. The second kappa shape index (κ2) is 13.9. The predicted molar refractivity (Wildman–Crippen MR) is 88.0 cm³/mol. The molecule has 0 radical (unpaired) electrons. The summed E-state index contributed by atoms with van der Waals surface area (Å²) in [6, 6.07) is 0. The first-order valence-corrected chi connectivity index (χ1v) is 8.90. The zero-order valence-electron chi connectivity index (χ0n) is 14.0. The summed E-state index contributed by atoms with van der Waals surface area (Å²) in [7, 11) is 0. The maximum absolute atomic E-state index is 8.75. The predicted octanol–water partition coefficient (Wildman–Crippen LogP) is 5.07. The van der Waals surface area contributed by atoms with Crippen molar-refractivity contribution in [3.63, 3.8) is 0 Å². The van der Waals surface area contributed by atoms with Crippen molar-refractivity contribution >= 4 is 0 Å². The lowest BCUT2D eigenvalue weighted by Gasteiger charge is -2.28. The topological polar surface area (TPSA) is 40.5 Å². The van der Waals surface area contributed by atoms with Crippen molar-refractivity contribution in [3.05, 3.63) is 0 Å². The molecule has 20 heavy (non-hydrogen) atoms. The number of aliphatic hydroxyl groups excluding tert-OH is 2. The molecule has 0 heterocycles. The van der Waals surface area contributed by atoms with E-state index in [1.165, 1.54) is 70.6 Å². The molecule has 0 saturated heterocycles. The Bertz CT molecular complexity index is 176. The van der Waals surface area contributed by atoms with Crippen LogP contribution < -0.4 is 0 Å². The van der Waals surface area contributed by atoms with E-state index in [2.05, 4.69) is 13.8 Å². The molecule has 2 nitrogen and oxygen atoms in total. The second-order valence-corrected chi connectivity index (χ2v) is 6.65. The Morgan fingerprint density at radius 3 is 1.30 bits per heavy atom. The number of unbranched alkanes of at least 4 members (excludes halogenated alkanes) is 8. The highest BCUT2D eigenvalue weighted by molar-refractivity contribution is 4.72. The van der Waals surface area contributed by atoms with Crippen LogP contribution in [0.15, 0.2) is 0 Å². The van der Waals surface area contributed by atoms with Gasteiger partial charge < -0.3 is 10.2 Å². The van der Waals surface area contributed by atoms with Gasteiger partial charge in [-0.15, -0.1) is 0 Å². The van der Waals surface area contributed by atoms with Gasteiger partial charge in [0.2, 0.25) is 0 Å². The molecule has 0 rings (SSSR count). The monoisotopic (exact) mass is 286 g/mol. The third kappa shape index (κ3) is 11.7. The van der Waals surface area contributed by atoms with Crippen molar-refractivity contribution in [2.45, 2.75) is 97.3 Å². The van der Waals surface area contributed by atoms with Gasteiger partial charge in [-0.2, -0.15) is 0 Å². The molecule has 0 spiro atoms. The van der Waals surface area contributed by atoms with Crippen molar-refractivity contribution in [3.8, 4) is 0 Å². The van der Waals surface area contributed by atoms with Crippen LogP contribution in [-0.2, 0) is 0 Å². The van der Waals surface area contributed by atoms with Gasteiger partial charge in [-0.25, -0.2) is 0 Å². The van der Waals surface area contributed by atoms with Crippen molar-refractivity contribution in [1.82, 2.24) is 0 Å². The maximum atomic E-state index is 8.75. The normalized spacial score (nSPS) is 12.0. The van der Waals surface area contributed by atoms with Gasteiger partial charge in [0.25, 0.3) is 0 Å². The fourth-order valence-electron chi connectivity index (χ4n) is 2.87. The minimum absolute atomic E-state index is 0.350. The molecule has 0 fully saturated rings. The molecule has 0 amide bonds. The standard InChI is InChI=1S/C18H38O2/c1-3-18(2,14-10-6-4-8-12-16-19)15-11-7-5-9-13-17-20/h19-20H,3-17H2,1-2H3. The first-order valence-electron chi connectivity index (χ1n) is 8.90. The van der Waals surface area contributed by atoms with Crippen molar-refractivity contribution in [1.29, 1.82) is 0 Å². The van der Waals surface area contributed by atoms with Crippen LogP contribution in [0, 0.1) is 5.41 Å². The van der Waals surface area contributed by atoms with E-state index >= 15 is 0 Å². The summed E-state index contributed by atoms with van der Waals surface area (Å²) in [5, 5.41) is 17.5. The molecule has 0 aliphatic heterocycles. The summed E-state index contributed by atoms with van der Waals surface area (Å²) in [5.74, 6) is 0. The van der Waals surface area contributed by atoms with E-state index in [-0.39, 0.29) is 0 Å². The van der Waals surface area contributed by atoms with Gasteiger partial charge in [0.1, 0.15) is 0 Å². The van der Waals surface area contributed by atoms with Crippen LogP contribution in [0.2, 0.25) is 0 Å². The van der Waals surface area contributed by atoms with E-state index in [0.29, 0.717) is 18.6 Å². The van der Waals surface area contributed by atoms with Crippen LogP contribution in [0.4, 0.5) is 0 Å². The Balaban J connectivity index is 3.57. The van der Waals surface area contributed by atoms with E-state index in [4.69, 9.17) is 10.2 Å². The molecule has 0 bridgehead atoms. The van der Waals surface area contributed by atoms with Crippen molar-refractivity contribution in [2.75, 3.05) is 13.2 Å². The Hall–Kier alpha value is -0.0800. The maximum Gasteiger partial charge on any atom is 0.0431 e. The highest BCUT2D eigenvalue weighted by Crippen LogP contribution is 2.34. The van der Waals surface area contributed by atoms with Crippen LogP contribution in [0.5, 0.6) is 0 Å². The molecule has 122 valence electrons. The summed E-state index contributed by atoms with van der Waals surface area (Å²) in [6.45, 7) is 5.48. The molecule has 0 aromatic carbocycles. The lowest BCUT2D eigenvalue weighted by molar-refractivity contribution is 0.238. The fourth-order valence-corrected chi connectivity index (χ4v) is 2.87. The number of hydrogen-bond donors (Lipinski definition) is 2. The second-order valence-electron chi connectivity index (χ2n) is 6.65. The SMILES string of the molecule is CCC(C)(CCCCCCCO)CCCCCCCO. The number of rotatable bonds is 15. The summed E-state index contributed by atoms with van der Waals surface area (Å²) in [4.78, 5) is 0.